The Hall–Kier alpha value is -1.94. The van der Waals surface area contributed by atoms with Crippen LogP contribution >= 0.6 is 11.6 Å². The van der Waals surface area contributed by atoms with Crippen molar-refractivity contribution in [1.29, 1.82) is 0 Å². The van der Waals surface area contributed by atoms with E-state index in [4.69, 9.17) is 11.6 Å². The lowest BCUT2D eigenvalue weighted by Crippen LogP contribution is -2.16. The first kappa shape index (κ1) is 15.6. The van der Waals surface area contributed by atoms with Gasteiger partial charge < -0.3 is 4.98 Å². The van der Waals surface area contributed by atoms with Gasteiger partial charge in [-0.2, -0.15) is 0 Å². The molecule has 1 fully saturated rings. The van der Waals surface area contributed by atoms with Crippen molar-refractivity contribution >= 4 is 22.6 Å². The first-order chi connectivity index (χ1) is 11.7. The second kappa shape index (κ2) is 6.52. The van der Waals surface area contributed by atoms with Gasteiger partial charge in [-0.3, -0.25) is 4.98 Å². The van der Waals surface area contributed by atoms with E-state index in [1.54, 1.807) is 6.20 Å². The van der Waals surface area contributed by atoms with Gasteiger partial charge in [0.25, 0.3) is 0 Å². The fraction of sp³-hybridized carbons (Fsp3) is 0.368. The zero-order valence-electron chi connectivity index (χ0n) is 13.3. The molecule has 0 saturated heterocycles. The van der Waals surface area contributed by atoms with Crippen LogP contribution in [-0.4, -0.2) is 15.0 Å². The molecule has 0 atom stereocenters. The van der Waals surface area contributed by atoms with Gasteiger partial charge in [0.1, 0.15) is 11.6 Å². The summed E-state index contributed by atoms with van der Waals surface area (Å²) >= 11 is 6.02. The molecule has 1 aromatic carbocycles. The maximum atomic E-state index is 13.9. The van der Waals surface area contributed by atoms with Crippen LogP contribution < -0.4 is 0 Å². The minimum atomic E-state index is -0.171. The van der Waals surface area contributed by atoms with E-state index in [9.17, 15) is 4.39 Å². The van der Waals surface area contributed by atoms with E-state index in [0.29, 0.717) is 11.8 Å². The number of hydrogen-bond donors (Lipinski definition) is 1. The molecule has 3 aromatic rings. The molecule has 5 heteroatoms. The number of fused-ring (bicyclic) bond motifs is 1. The van der Waals surface area contributed by atoms with E-state index < -0.39 is 0 Å². The molecule has 3 nitrogen and oxygen atoms in total. The van der Waals surface area contributed by atoms with E-state index >= 15 is 0 Å². The third-order valence-corrected chi connectivity index (χ3v) is 5.30. The maximum Gasteiger partial charge on any atom is 0.144 e. The predicted octanol–water partition coefficient (Wildman–Crippen LogP) is 5.27. The smallest absolute Gasteiger partial charge is 0.144 e. The van der Waals surface area contributed by atoms with Crippen molar-refractivity contribution in [2.45, 2.75) is 38.0 Å². The van der Waals surface area contributed by atoms with Gasteiger partial charge in [0.2, 0.25) is 0 Å². The van der Waals surface area contributed by atoms with Crippen LogP contribution in [0.4, 0.5) is 4.39 Å². The Bertz CT molecular complexity index is 853. The number of imidazole rings is 1. The van der Waals surface area contributed by atoms with Gasteiger partial charge in [-0.15, -0.1) is 0 Å². The van der Waals surface area contributed by atoms with Crippen molar-refractivity contribution in [3.63, 3.8) is 0 Å². The molecule has 1 aliphatic carbocycles. The number of nitrogens with zero attached hydrogens (tertiary/aromatic N) is 2. The van der Waals surface area contributed by atoms with Gasteiger partial charge in [-0.1, -0.05) is 11.6 Å². The van der Waals surface area contributed by atoms with Crippen molar-refractivity contribution in [2.75, 3.05) is 0 Å². The van der Waals surface area contributed by atoms with E-state index in [0.717, 1.165) is 59.5 Å². The normalized spacial score (nSPS) is 21.2. The largest absolute Gasteiger partial charge is 0.342 e. The van der Waals surface area contributed by atoms with Crippen LogP contribution in [0.5, 0.6) is 0 Å². The highest BCUT2D eigenvalue weighted by atomic mass is 35.5. The third-order valence-electron chi connectivity index (χ3n) is 5.07. The first-order valence-corrected chi connectivity index (χ1v) is 8.80. The standard InChI is InChI=1S/C19H19ClFN3/c20-14-5-6-17-18(10-14)24-19(23-17)9-12-1-3-13(4-2-12)15-7-8-22-11-16(15)21/h5-8,10-13H,1-4,9H2,(H,23,24). The summed E-state index contributed by atoms with van der Waals surface area (Å²) < 4.78 is 13.9. The fourth-order valence-electron chi connectivity index (χ4n) is 3.80. The summed E-state index contributed by atoms with van der Waals surface area (Å²) in [7, 11) is 0. The van der Waals surface area contributed by atoms with Crippen LogP contribution in [0.15, 0.2) is 36.7 Å². The predicted molar refractivity (Wildman–Crippen MR) is 93.7 cm³/mol. The van der Waals surface area contributed by atoms with E-state index in [2.05, 4.69) is 15.0 Å². The number of halogens is 2. The molecule has 0 spiro atoms. The van der Waals surface area contributed by atoms with Crippen LogP contribution in [0.2, 0.25) is 5.02 Å². The molecule has 1 saturated carbocycles. The molecule has 4 rings (SSSR count). The SMILES string of the molecule is Fc1cnccc1C1CCC(Cc2nc3ccc(Cl)cc3[nH]2)CC1. The number of rotatable bonds is 3. The van der Waals surface area contributed by atoms with Crippen molar-refractivity contribution in [2.24, 2.45) is 5.92 Å². The Morgan fingerprint density at radius 1 is 1.17 bits per heavy atom. The Balaban J connectivity index is 1.41. The second-order valence-electron chi connectivity index (χ2n) is 6.66. The summed E-state index contributed by atoms with van der Waals surface area (Å²) in [6, 6.07) is 7.55. The number of hydrogen-bond acceptors (Lipinski definition) is 2. The molecule has 0 aliphatic heterocycles. The summed E-state index contributed by atoms with van der Waals surface area (Å²) in [6.07, 6.45) is 8.20. The Kier molecular flexibility index (Phi) is 4.23. The number of pyridine rings is 1. The summed E-state index contributed by atoms with van der Waals surface area (Å²) in [5.41, 5.74) is 2.77. The summed E-state index contributed by atoms with van der Waals surface area (Å²) in [4.78, 5) is 11.9. The van der Waals surface area contributed by atoms with Gasteiger partial charge in [-0.25, -0.2) is 9.37 Å². The monoisotopic (exact) mass is 343 g/mol. The second-order valence-corrected chi connectivity index (χ2v) is 7.10. The molecule has 1 N–H and O–H groups in total. The molecule has 0 radical (unpaired) electrons. The number of aromatic amines is 1. The Morgan fingerprint density at radius 3 is 2.79 bits per heavy atom. The van der Waals surface area contributed by atoms with E-state index in [-0.39, 0.29) is 5.82 Å². The Labute approximate surface area is 145 Å². The average molecular weight is 344 g/mol. The number of nitrogens with one attached hydrogen (secondary N) is 1. The zero-order chi connectivity index (χ0) is 16.5. The molecule has 2 aromatic heterocycles. The first-order valence-electron chi connectivity index (χ1n) is 8.42. The lowest BCUT2D eigenvalue weighted by atomic mass is 9.77. The molecule has 2 heterocycles. The molecular weight excluding hydrogens is 325 g/mol. The summed E-state index contributed by atoms with van der Waals surface area (Å²) in [5, 5.41) is 0.720. The third kappa shape index (κ3) is 3.16. The molecule has 0 amide bonds. The van der Waals surface area contributed by atoms with Crippen LogP contribution in [0.25, 0.3) is 11.0 Å². The van der Waals surface area contributed by atoms with Crippen LogP contribution in [0.3, 0.4) is 0 Å². The average Bonchev–Trinajstić information content (AvgIpc) is 2.97. The van der Waals surface area contributed by atoms with Crippen LogP contribution in [0, 0.1) is 11.7 Å². The lowest BCUT2D eigenvalue weighted by molar-refractivity contribution is 0.316. The highest BCUT2D eigenvalue weighted by Crippen LogP contribution is 2.37. The fourth-order valence-corrected chi connectivity index (χ4v) is 3.97. The zero-order valence-corrected chi connectivity index (χ0v) is 14.1. The summed E-state index contributed by atoms with van der Waals surface area (Å²) in [6.45, 7) is 0. The van der Waals surface area contributed by atoms with Gasteiger partial charge in [0.15, 0.2) is 0 Å². The molecule has 0 bridgehead atoms. The summed E-state index contributed by atoms with van der Waals surface area (Å²) in [5.74, 6) is 1.77. The molecule has 24 heavy (non-hydrogen) atoms. The topological polar surface area (TPSA) is 41.6 Å². The van der Waals surface area contributed by atoms with Crippen LogP contribution in [0.1, 0.15) is 43.0 Å². The highest BCUT2D eigenvalue weighted by Gasteiger charge is 2.25. The van der Waals surface area contributed by atoms with Crippen molar-refractivity contribution < 1.29 is 4.39 Å². The number of benzene rings is 1. The van der Waals surface area contributed by atoms with Crippen molar-refractivity contribution in [3.8, 4) is 0 Å². The maximum absolute atomic E-state index is 13.9. The number of aromatic nitrogens is 3. The highest BCUT2D eigenvalue weighted by molar-refractivity contribution is 6.31. The van der Waals surface area contributed by atoms with Crippen molar-refractivity contribution in [1.82, 2.24) is 15.0 Å². The minimum absolute atomic E-state index is 0.171. The van der Waals surface area contributed by atoms with Gasteiger partial charge in [-0.05, 0) is 67.3 Å². The van der Waals surface area contributed by atoms with Crippen molar-refractivity contribution in [3.05, 3.63) is 58.9 Å². The van der Waals surface area contributed by atoms with Crippen LogP contribution in [-0.2, 0) is 6.42 Å². The molecule has 1 aliphatic rings. The molecular formula is C19H19ClFN3. The quantitative estimate of drug-likeness (QED) is 0.704. The molecule has 0 unspecified atom stereocenters. The van der Waals surface area contributed by atoms with Gasteiger partial charge >= 0.3 is 0 Å². The number of H-pyrrole nitrogens is 1. The Morgan fingerprint density at radius 2 is 2.00 bits per heavy atom. The van der Waals surface area contributed by atoms with E-state index in [1.807, 2.05) is 24.3 Å². The minimum Gasteiger partial charge on any atom is -0.342 e. The van der Waals surface area contributed by atoms with E-state index in [1.165, 1.54) is 6.20 Å². The van der Waals surface area contributed by atoms with Gasteiger partial charge in [0.05, 0.1) is 17.2 Å². The molecule has 124 valence electrons. The van der Waals surface area contributed by atoms with Gasteiger partial charge in [0, 0.05) is 17.6 Å². The lowest BCUT2D eigenvalue weighted by Gasteiger charge is -2.28.